The van der Waals surface area contributed by atoms with Crippen molar-refractivity contribution in [1.82, 2.24) is 44.9 Å². The van der Waals surface area contributed by atoms with Gasteiger partial charge in [-0.25, -0.2) is 44.9 Å². The van der Waals surface area contributed by atoms with Crippen LogP contribution in [0.2, 0.25) is 0 Å². The van der Waals surface area contributed by atoms with E-state index in [-0.39, 0.29) is 0 Å². The minimum Gasteiger partial charge on any atom is -0.248 e. The molecule has 6 aromatic heterocycles. The number of nitrogens with zero attached hydrogens (tertiary/aromatic N) is 9. The molecular formula is C45H21N9. The normalized spacial score (nSPS) is 12.4. The molecule has 13 aromatic rings. The minimum atomic E-state index is 0.602. The van der Waals surface area contributed by atoms with Gasteiger partial charge in [0.15, 0.2) is 0 Å². The van der Waals surface area contributed by atoms with Gasteiger partial charge in [0.25, 0.3) is 0 Å². The van der Waals surface area contributed by atoms with E-state index >= 15 is 0 Å². The van der Waals surface area contributed by atoms with E-state index < -0.39 is 0 Å². The summed E-state index contributed by atoms with van der Waals surface area (Å²) in [4.78, 5) is 46.5. The molecule has 0 aliphatic heterocycles. The summed E-state index contributed by atoms with van der Waals surface area (Å²) in [5.41, 5.74) is 13.3. The van der Waals surface area contributed by atoms with Crippen LogP contribution in [-0.4, -0.2) is 44.9 Å². The third kappa shape index (κ3) is 3.94. The monoisotopic (exact) mass is 687 g/mol. The fraction of sp³-hybridized carbons (Fsp3) is 0. The second kappa shape index (κ2) is 10.0. The molecule has 0 atom stereocenters. The van der Waals surface area contributed by atoms with Crippen LogP contribution in [-0.2, 0) is 0 Å². The van der Waals surface area contributed by atoms with Crippen molar-refractivity contribution in [3.05, 3.63) is 127 Å². The number of hydrogen-bond donors (Lipinski definition) is 0. The zero-order valence-electron chi connectivity index (χ0n) is 28.1. The van der Waals surface area contributed by atoms with E-state index in [0.29, 0.717) is 49.7 Å². The zero-order valence-corrected chi connectivity index (χ0v) is 28.1. The lowest BCUT2D eigenvalue weighted by Gasteiger charge is -2.12. The highest BCUT2D eigenvalue weighted by Gasteiger charge is 2.20. The van der Waals surface area contributed by atoms with E-state index in [0.717, 1.165) is 82.0 Å². The number of pyridine rings is 3. The summed E-state index contributed by atoms with van der Waals surface area (Å²) in [5, 5.41) is 6.16. The van der Waals surface area contributed by atoms with Gasteiger partial charge in [0.05, 0.1) is 66.2 Å². The van der Waals surface area contributed by atoms with E-state index in [1.54, 1.807) is 0 Å². The Morgan fingerprint density at radius 2 is 0.444 bits per heavy atom. The SMILES string of the molecule is c1ccc2nc3cc4nc5c(nc4cc3cc2c1)c1nc2cc3cc4ccccc4nc3cc2nc1c1nc2cc3nc4ccccc4cc3cc2nc51. The van der Waals surface area contributed by atoms with Crippen LogP contribution in [0.4, 0.5) is 0 Å². The first kappa shape index (κ1) is 28.0. The van der Waals surface area contributed by atoms with E-state index in [2.05, 4.69) is 54.6 Å². The summed E-state index contributed by atoms with van der Waals surface area (Å²) in [6.07, 6.45) is 0. The average Bonchev–Trinajstić information content (AvgIpc) is 3.20. The Labute approximate surface area is 303 Å². The third-order valence-electron chi connectivity index (χ3n) is 10.6. The maximum atomic E-state index is 5.28. The molecule has 0 radical (unpaired) electrons. The smallest absolute Gasteiger partial charge is 0.120 e. The van der Waals surface area contributed by atoms with Gasteiger partial charge in [-0.15, -0.1) is 0 Å². The van der Waals surface area contributed by atoms with Crippen LogP contribution in [0.1, 0.15) is 0 Å². The molecule has 0 aliphatic rings. The lowest BCUT2D eigenvalue weighted by Crippen LogP contribution is -1.99. The van der Waals surface area contributed by atoms with Crippen LogP contribution in [0.15, 0.2) is 127 Å². The molecule has 6 heterocycles. The summed E-state index contributed by atoms with van der Waals surface area (Å²) in [7, 11) is 0. The van der Waals surface area contributed by atoms with E-state index in [1.165, 1.54) is 0 Å². The van der Waals surface area contributed by atoms with E-state index in [4.69, 9.17) is 44.9 Å². The molecular weight excluding hydrogens is 667 g/mol. The second-order valence-electron chi connectivity index (χ2n) is 13.9. The van der Waals surface area contributed by atoms with Gasteiger partial charge < -0.3 is 0 Å². The van der Waals surface area contributed by atoms with Crippen molar-refractivity contribution in [3.63, 3.8) is 0 Å². The van der Waals surface area contributed by atoms with Crippen LogP contribution in [0, 0.1) is 0 Å². The fourth-order valence-corrected chi connectivity index (χ4v) is 7.98. The van der Waals surface area contributed by atoms with Crippen LogP contribution < -0.4 is 0 Å². The molecule has 0 amide bonds. The van der Waals surface area contributed by atoms with Crippen molar-refractivity contribution >= 4 is 132 Å². The maximum Gasteiger partial charge on any atom is 0.120 e. The standard InChI is InChI=1S/C45H21N9/c1-4-10-28-22(7-1)13-25-16-34-37(19-31(25)46-28)52-43-40(49-34)41-44(53-38-20-32-26(17-35(38)50-41)14-23-8-2-5-11-29(23)47-32)45-42(43)51-36-18-27-15-24-9-3-6-12-30(24)48-33(27)21-39(36)54-45/h1-21H. The third-order valence-corrected chi connectivity index (χ3v) is 10.6. The Bertz CT molecular complexity index is 3180. The van der Waals surface area contributed by atoms with Gasteiger partial charge >= 0.3 is 0 Å². The molecule has 0 saturated heterocycles. The number of para-hydroxylation sites is 3. The molecule has 0 N–H and O–H groups in total. The number of aromatic nitrogens is 9. The van der Waals surface area contributed by atoms with Crippen molar-refractivity contribution < 1.29 is 0 Å². The topological polar surface area (TPSA) is 116 Å². The summed E-state index contributed by atoms with van der Waals surface area (Å²) >= 11 is 0. The van der Waals surface area contributed by atoms with Gasteiger partial charge in [-0.1, -0.05) is 54.6 Å². The minimum absolute atomic E-state index is 0.602. The predicted molar refractivity (Wildman–Crippen MR) is 217 cm³/mol. The van der Waals surface area contributed by atoms with Gasteiger partial charge in [-0.05, 0) is 72.8 Å². The summed E-state index contributed by atoms with van der Waals surface area (Å²) in [6.45, 7) is 0. The molecule has 0 fully saturated rings. The van der Waals surface area contributed by atoms with Crippen LogP contribution in [0.5, 0.6) is 0 Å². The maximum absolute atomic E-state index is 5.28. The van der Waals surface area contributed by atoms with Crippen molar-refractivity contribution in [1.29, 1.82) is 0 Å². The Hall–Kier alpha value is -7.65. The molecule has 0 unspecified atom stereocenters. The van der Waals surface area contributed by atoms with Gasteiger partial charge in [0.1, 0.15) is 33.1 Å². The van der Waals surface area contributed by atoms with Crippen molar-refractivity contribution in [3.8, 4) is 0 Å². The van der Waals surface area contributed by atoms with Crippen molar-refractivity contribution in [2.45, 2.75) is 0 Å². The summed E-state index contributed by atoms with van der Waals surface area (Å²) in [5.74, 6) is 0. The van der Waals surface area contributed by atoms with E-state index in [1.807, 2.05) is 72.8 Å². The number of benzene rings is 7. The second-order valence-corrected chi connectivity index (χ2v) is 13.9. The summed E-state index contributed by atoms with van der Waals surface area (Å²) in [6, 6.07) is 43.0. The Balaban J connectivity index is 1.17. The Kier molecular flexibility index (Phi) is 5.20. The first-order valence-corrected chi connectivity index (χ1v) is 17.7. The summed E-state index contributed by atoms with van der Waals surface area (Å²) < 4.78 is 0. The van der Waals surface area contributed by atoms with Gasteiger partial charge in [-0.2, -0.15) is 0 Å². The average molecular weight is 688 g/mol. The zero-order chi connectivity index (χ0) is 35.1. The molecule has 13 rings (SSSR count). The quantitative estimate of drug-likeness (QED) is 0.113. The van der Waals surface area contributed by atoms with Gasteiger partial charge in [0.2, 0.25) is 0 Å². The number of fused-ring (bicyclic) bond motifs is 15. The molecule has 0 saturated carbocycles. The molecule has 9 nitrogen and oxygen atoms in total. The lowest BCUT2D eigenvalue weighted by atomic mass is 10.1. The van der Waals surface area contributed by atoms with Crippen LogP contribution in [0.3, 0.4) is 0 Å². The molecule has 0 bridgehead atoms. The molecule has 54 heavy (non-hydrogen) atoms. The molecule has 7 aromatic carbocycles. The molecule has 0 spiro atoms. The van der Waals surface area contributed by atoms with Crippen molar-refractivity contribution in [2.75, 3.05) is 0 Å². The Morgan fingerprint density at radius 1 is 0.185 bits per heavy atom. The first-order valence-electron chi connectivity index (χ1n) is 17.7. The molecule has 0 aliphatic carbocycles. The fourth-order valence-electron chi connectivity index (χ4n) is 7.98. The number of hydrogen-bond acceptors (Lipinski definition) is 9. The lowest BCUT2D eigenvalue weighted by molar-refractivity contribution is 1.34. The van der Waals surface area contributed by atoms with Gasteiger partial charge in [0, 0.05) is 32.3 Å². The highest BCUT2D eigenvalue weighted by Crippen LogP contribution is 2.36. The largest absolute Gasteiger partial charge is 0.248 e. The van der Waals surface area contributed by atoms with Crippen LogP contribution in [0.25, 0.3) is 132 Å². The van der Waals surface area contributed by atoms with Gasteiger partial charge in [-0.3, -0.25) is 0 Å². The molecule has 9 heteroatoms. The molecule has 246 valence electrons. The van der Waals surface area contributed by atoms with Crippen LogP contribution >= 0.6 is 0 Å². The van der Waals surface area contributed by atoms with E-state index in [9.17, 15) is 0 Å². The highest BCUT2D eigenvalue weighted by molar-refractivity contribution is 6.22. The first-order chi connectivity index (χ1) is 26.6. The van der Waals surface area contributed by atoms with Crippen molar-refractivity contribution in [2.24, 2.45) is 0 Å². The number of rotatable bonds is 0. The highest BCUT2D eigenvalue weighted by atomic mass is 14.9. The predicted octanol–water partition coefficient (Wildman–Crippen LogP) is 10.1. The Morgan fingerprint density at radius 3 is 0.741 bits per heavy atom.